The molecule has 0 radical (unpaired) electrons. The molecule has 0 spiro atoms. The summed E-state index contributed by atoms with van der Waals surface area (Å²) in [7, 11) is 0. The average molecular weight is 464 g/mol. The topological polar surface area (TPSA) is 99.9 Å². The molecule has 2 aliphatic rings. The van der Waals surface area contributed by atoms with Crippen LogP contribution < -0.4 is 4.74 Å². The Hall–Kier alpha value is -3.61. The van der Waals surface area contributed by atoms with Crippen molar-refractivity contribution in [2.75, 3.05) is 32.8 Å². The van der Waals surface area contributed by atoms with Crippen LogP contribution in [0.2, 0.25) is 0 Å². The van der Waals surface area contributed by atoms with Gasteiger partial charge in [-0.3, -0.25) is 19.3 Å². The number of benzene rings is 2. The van der Waals surface area contributed by atoms with Crippen LogP contribution in [0.5, 0.6) is 5.75 Å². The Bertz CT molecular complexity index is 1130. The Morgan fingerprint density at radius 3 is 2.58 bits per heavy atom. The molecule has 0 aromatic heterocycles. The van der Waals surface area contributed by atoms with Crippen LogP contribution in [-0.4, -0.2) is 59.7 Å². The maximum Gasteiger partial charge on any atom is 0.294 e. The van der Waals surface area contributed by atoms with E-state index in [0.717, 1.165) is 27.8 Å². The third kappa shape index (κ3) is 5.42. The van der Waals surface area contributed by atoms with Gasteiger partial charge in [0.1, 0.15) is 18.9 Å². The van der Waals surface area contributed by atoms with E-state index in [1.807, 2.05) is 12.1 Å². The van der Waals surface area contributed by atoms with Gasteiger partial charge < -0.3 is 14.4 Å². The molecular formula is C24H21N3O5S. The summed E-state index contributed by atoms with van der Waals surface area (Å²) in [4.78, 5) is 40.3. The lowest BCUT2D eigenvalue weighted by molar-refractivity contribution is -0.139. The Labute approximate surface area is 195 Å². The number of carbonyl (C=O) groups is 3. The predicted octanol–water partition coefficient (Wildman–Crippen LogP) is 3.03. The minimum absolute atomic E-state index is 0.263. The van der Waals surface area contributed by atoms with Gasteiger partial charge in [-0.05, 0) is 41.6 Å². The van der Waals surface area contributed by atoms with Gasteiger partial charge in [-0.25, -0.2) is 0 Å². The SMILES string of the molecule is N#Cc1ccccc1COc1ccc(/C=C2\SC(=O)N(CC(=O)N3CCOCC3)C2=O)cc1. The highest BCUT2D eigenvalue weighted by atomic mass is 32.2. The fourth-order valence-corrected chi connectivity index (χ4v) is 4.25. The van der Waals surface area contributed by atoms with Crippen LogP contribution in [0.25, 0.3) is 6.08 Å². The van der Waals surface area contributed by atoms with Crippen LogP contribution in [0.1, 0.15) is 16.7 Å². The molecular weight excluding hydrogens is 442 g/mol. The molecule has 2 fully saturated rings. The first-order chi connectivity index (χ1) is 16.0. The predicted molar refractivity (Wildman–Crippen MR) is 122 cm³/mol. The van der Waals surface area contributed by atoms with Gasteiger partial charge in [0.25, 0.3) is 11.1 Å². The molecule has 8 nitrogen and oxygen atoms in total. The maximum absolute atomic E-state index is 12.7. The number of rotatable bonds is 6. The molecule has 2 aromatic rings. The quantitative estimate of drug-likeness (QED) is 0.607. The van der Waals surface area contributed by atoms with Crippen molar-refractivity contribution in [2.45, 2.75) is 6.61 Å². The first-order valence-corrected chi connectivity index (χ1v) is 11.2. The average Bonchev–Trinajstić information content (AvgIpc) is 3.11. The summed E-state index contributed by atoms with van der Waals surface area (Å²) in [5.74, 6) is -0.120. The van der Waals surface area contributed by atoms with Crippen molar-refractivity contribution < 1.29 is 23.9 Å². The lowest BCUT2D eigenvalue weighted by atomic mass is 10.1. The number of nitriles is 1. The van der Waals surface area contributed by atoms with Crippen molar-refractivity contribution in [1.82, 2.24) is 9.80 Å². The van der Waals surface area contributed by atoms with E-state index in [9.17, 15) is 14.4 Å². The minimum atomic E-state index is -0.472. The monoisotopic (exact) mass is 463 g/mol. The number of morpholine rings is 1. The Morgan fingerprint density at radius 1 is 1.12 bits per heavy atom. The zero-order valence-corrected chi connectivity index (χ0v) is 18.5. The molecule has 9 heteroatoms. The van der Waals surface area contributed by atoms with Crippen LogP contribution in [0.15, 0.2) is 53.4 Å². The van der Waals surface area contributed by atoms with Gasteiger partial charge in [0, 0.05) is 18.7 Å². The number of amides is 3. The minimum Gasteiger partial charge on any atom is -0.489 e. The molecule has 3 amide bonds. The van der Waals surface area contributed by atoms with E-state index in [1.165, 1.54) is 0 Å². The Kier molecular flexibility index (Phi) is 7.07. The molecule has 0 atom stereocenters. The number of ether oxygens (including phenoxy) is 2. The Morgan fingerprint density at radius 2 is 1.85 bits per heavy atom. The van der Waals surface area contributed by atoms with Gasteiger partial charge in [-0.1, -0.05) is 30.3 Å². The smallest absolute Gasteiger partial charge is 0.294 e. The normalized spacial score (nSPS) is 17.4. The highest BCUT2D eigenvalue weighted by Crippen LogP contribution is 2.32. The summed E-state index contributed by atoms with van der Waals surface area (Å²) in [6.07, 6.45) is 1.62. The zero-order chi connectivity index (χ0) is 23.2. The van der Waals surface area contributed by atoms with Gasteiger partial charge in [-0.2, -0.15) is 5.26 Å². The summed E-state index contributed by atoms with van der Waals surface area (Å²) in [6, 6.07) is 16.4. The molecule has 0 saturated carbocycles. The van der Waals surface area contributed by atoms with Crippen molar-refractivity contribution in [2.24, 2.45) is 0 Å². The highest BCUT2D eigenvalue weighted by molar-refractivity contribution is 8.18. The van der Waals surface area contributed by atoms with Crippen molar-refractivity contribution in [3.05, 3.63) is 70.1 Å². The lowest BCUT2D eigenvalue weighted by Crippen LogP contribution is -2.46. The molecule has 2 aromatic carbocycles. The van der Waals surface area contributed by atoms with Gasteiger partial charge in [-0.15, -0.1) is 0 Å². The van der Waals surface area contributed by atoms with E-state index in [4.69, 9.17) is 14.7 Å². The van der Waals surface area contributed by atoms with Crippen molar-refractivity contribution >= 4 is 34.9 Å². The standard InChI is InChI=1S/C24H21N3O5S/c25-14-18-3-1-2-4-19(18)16-32-20-7-5-17(6-8-20)13-21-23(29)27(24(30)33-21)15-22(28)26-9-11-31-12-10-26/h1-8,13H,9-12,15-16H2/b21-13-. The number of carbonyl (C=O) groups excluding carboxylic acids is 3. The molecule has 4 rings (SSSR count). The van der Waals surface area contributed by atoms with E-state index in [0.29, 0.717) is 37.6 Å². The van der Waals surface area contributed by atoms with Crippen molar-refractivity contribution in [3.8, 4) is 11.8 Å². The van der Waals surface area contributed by atoms with E-state index in [2.05, 4.69) is 6.07 Å². The number of hydrogen-bond donors (Lipinski definition) is 0. The van der Waals surface area contributed by atoms with Crippen LogP contribution in [0.3, 0.4) is 0 Å². The van der Waals surface area contributed by atoms with Gasteiger partial charge >= 0.3 is 0 Å². The number of hydrogen-bond acceptors (Lipinski definition) is 7. The van der Waals surface area contributed by atoms with Gasteiger partial charge in [0.05, 0.1) is 29.8 Å². The second-order valence-corrected chi connectivity index (χ2v) is 8.38. The summed E-state index contributed by atoms with van der Waals surface area (Å²) in [5.41, 5.74) is 2.09. The second-order valence-electron chi connectivity index (χ2n) is 7.39. The van der Waals surface area contributed by atoms with E-state index < -0.39 is 11.1 Å². The zero-order valence-electron chi connectivity index (χ0n) is 17.7. The fourth-order valence-electron chi connectivity index (χ4n) is 3.41. The molecule has 0 unspecified atom stereocenters. The first kappa shape index (κ1) is 22.6. The molecule has 2 aliphatic heterocycles. The molecule has 2 saturated heterocycles. The largest absolute Gasteiger partial charge is 0.489 e. The molecule has 0 N–H and O–H groups in total. The number of nitrogens with zero attached hydrogens (tertiary/aromatic N) is 3. The first-order valence-electron chi connectivity index (χ1n) is 10.4. The summed E-state index contributed by atoms with van der Waals surface area (Å²) in [6.45, 7) is 1.83. The summed E-state index contributed by atoms with van der Waals surface area (Å²) in [5, 5.41) is 8.71. The summed E-state index contributed by atoms with van der Waals surface area (Å²) < 4.78 is 11.0. The molecule has 2 heterocycles. The molecule has 0 bridgehead atoms. The van der Waals surface area contributed by atoms with Crippen LogP contribution in [0, 0.1) is 11.3 Å². The van der Waals surface area contributed by atoms with Crippen LogP contribution >= 0.6 is 11.8 Å². The lowest BCUT2D eigenvalue weighted by Gasteiger charge is -2.28. The molecule has 0 aliphatic carbocycles. The second kappa shape index (κ2) is 10.3. The van der Waals surface area contributed by atoms with Crippen LogP contribution in [0.4, 0.5) is 4.79 Å². The van der Waals surface area contributed by atoms with E-state index >= 15 is 0 Å². The Balaban J connectivity index is 1.37. The van der Waals surface area contributed by atoms with E-state index in [1.54, 1.807) is 47.4 Å². The third-order valence-electron chi connectivity index (χ3n) is 5.24. The number of imide groups is 1. The van der Waals surface area contributed by atoms with Gasteiger partial charge in [0.15, 0.2) is 0 Å². The van der Waals surface area contributed by atoms with E-state index in [-0.39, 0.29) is 24.0 Å². The number of thioether (sulfide) groups is 1. The van der Waals surface area contributed by atoms with Crippen molar-refractivity contribution in [3.63, 3.8) is 0 Å². The van der Waals surface area contributed by atoms with Crippen LogP contribution in [-0.2, 0) is 20.9 Å². The third-order valence-corrected chi connectivity index (χ3v) is 6.15. The molecule has 33 heavy (non-hydrogen) atoms. The summed E-state index contributed by atoms with van der Waals surface area (Å²) >= 11 is 0.822. The highest BCUT2D eigenvalue weighted by Gasteiger charge is 2.37. The van der Waals surface area contributed by atoms with Crippen molar-refractivity contribution in [1.29, 1.82) is 5.26 Å². The maximum atomic E-state index is 12.7. The van der Waals surface area contributed by atoms with Gasteiger partial charge in [0.2, 0.25) is 5.91 Å². The molecule has 168 valence electrons. The fraction of sp³-hybridized carbons (Fsp3) is 0.250.